The van der Waals surface area contributed by atoms with E-state index in [4.69, 9.17) is 23.7 Å². The minimum Gasteiger partial charge on any atom is -0.502 e. The molecule has 0 saturated heterocycles. The number of hydrogen-bond donors (Lipinski definition) is 1. The monoisotopic (exact) mass is 608 g/mol. The van der Waals surface area contributed by atoms with E-state index < -0.39 is 0 Å². The number of benzene rings is 4. The molecule has 0 radical (unpaired) electrons. The van der Waals surface area contributed by atoms with Crippen molar-refractivity contribution < 1.29 is 28.8 Å². The number of methoxy groups -OCH3 is 3. The van der Waals surface area contributed by atoms with Gasteiger partial charge in [-0.3, -0.25) is 9.80 Å². The Morgan fingerprint density at radius 2 is 1.29 bits per heavy atom. The molecule has 0 fully saturated rings. The highest BCUT2D eigenvalue weighted by Gasteiger charge is 2.34. The number of hydrogen-bond acceptors (Lipinski definition) is 8. The van der Waals surface area contributed by atoms with Crippen molar-refractivity contribution in [2.75, 3.05) is 48.5 Å². The predicted octanol–water partition coefficient (Wildman–Crippen LogP) is 6.86. The molecule has 234 valence electrons. The van der Waals surface area contributed by atoms with Crippen molar-refractivity contribution in [2.45, 2.75) is 37.8 Å². The molecule has 0 aromatic heterocycles. The number of phenolic OH excluding ortho intramolecular Hbond substituents is 1. The molecule has 4 aliphatic rings. The van der Waals surface area contributed by atoms with Gasteiger partial charge in [0.1, 0.15) is 5.75 Å². The molecule has 0 aliphatic carbocycles. The lowest BCUT2D eigenvalue weighted by Gasteiger charge is -2.37. The third-order valence-corrected chi connectivity index (χ3v) is 9.66. The third kappa shape index (κ3) is 5.32. The lowest BCUT2D eigenvalue weighted by atomic mass is 9.87. The molecule has 4 aliphatic heterocycles. The fourth-order valence-corrected chi connectivity index (χ4v) is 7.10. The third-order valence-electron chi connectivity index (χ3n) is 9.66. The minimum atomic E-state index is -0.0810. The van der Waals surface area contributed by atoms with Crippen LogP contribution in [0.4, 0.5) is 0 Å². The topological polar surface area (TPSA) is 72.9 Å². The van der Waals surface area contributed by atoms with E-state index in [2.05, 4.69) is 54.2 Å². The van der Waals surface area contributed by atoms with Gasteiger partial charge < -0.3 is 28.8 Å². The van der Waals surface area contributed by atoms with Gasteiger partial charge in [0.25, 0.3) is 0 Å². The second-order valence-electron chi connectivity index (χ2n) is 12.3. The number of likely N-dealkylation sites (N-methyl/N-ethyl adjacent to an activating group) is 2. The maximum Gasteiger partial charge on any atom is 0.201 e. The largest absolute Gasteiger partial charge is 0.502 e. The van der Waals surface area contributed by atoms with Crippen molar-refractivity contribution >= 4 is 0 Å². The summed E-state index contributed by atoms with van der Waals surface area (Å²) < 4.78 is 30.5. The van der Waals surface area contributed by atoms with Gasteiger partial charge in [-0.1, -0.05) is 18.2 Å². The minimum absolute atomic E-state index is 0.0160. The van der Waals surface area contributed by atoms with Gasteiger partial charge in [0.05, 0.1) is 21.3 Å². The molecule has 8 nitrogen and oxygen atoms in total. The molecule has 8 heteroatoms. The van der Waals surface area contributed by atoms with Gasteiger partial charge in [-0.2, -0.15) is 0 Å². The highest BCUT2D eigenvalue weighted by Crippen LogP contribution is 2.51. The first-order valence-corrected chi connectivity index (χ1v) is 15.5. The Hall–Kier alpha value is -4.40. The molecule has 45 heavy (non-hydrogen) atoms. The van der Waals surface area contributed by atoms with Gasteiger partial charge in [-0.15, -0.1) is 0 Å². The Morgan fingerprint density at radius 3 is 2.02 bits per heavy atom. The lowest BCUT2D eigenvalue weighted by Crippen LogP contribution is -2.34. The van der Waals surface area contributed by atoms with Crippen LogP contribution in [0.5, 0.6) is 46.0 Å². The van der Waals surface area contributed by atoms with E-state index in [0.29, 0.717) is 40.9 Å². The Morgan fingerprint density at radius 1 is 0.667 bits per heavy atom. The van der Waals surface area contributed by atoms with E-state index in [-0.39, 0.29) is 17.8 Å². The van der Waals surface area contributed by atoms with Crippen LogP contribution in [-0.4, -0.2) is 63.4 Å². The summed E-state index contributed by atoms with van der Waals surface area (Å²) in [5, 5.41) is 11.6. The zero-order valence-corrected chi connectivity index (χ0v) is 26.6. The van der Waals surface area contributed by atoms with E-state index in [1.54, 1.807) is 21.3 Å². The van der Waals surface area contributed by atoms with Gasteiger partial charge in [0, 0.05) is 30.7 Å². The zero-order chi connectivity index (χ0) is 31.2. The summed E-state index contributed by atoms with van der Waals surface area (Å²) in [6.45, 7) is 1.80. The average Bonchev–Trinajstić information content (AvgIpc) is 3.05. The molecule has 4 heterocycles. The maximum absolute atomic E-state index is 11.6. The van der Waals surface area contributed by atoms with Crippen LogP contribution in [0.25, 0.3) is 0 Å². The van der Waals surface area contributed by atoms with Crippen LogP contribution in [0.15, 0.2) is 60.7 Å². The molecule has 0 saturated carbocycles. The summed E-state index contributed by atoms with van der Waals surface area (Å²) in [6.07, 6.45) is 3.20. The molecular weight excluding hydrogens is 568 g/mol. The van der Waals surface area contributed by atoms with Crippen molar-refractivity contribution in [3.8, 4) is 46.0 Å². The smallest absolute Gasteiger partial charge is 0.201 e. The average molecular weight is 609 g/mol. The summed E-state index contributed by atoms with van der Waals surface area (Å²) >= 11 is 0. The zero-order valence-electron chi connectivity index (χ0n) is 26.6. The first kappa shape index (κ1) is 29.3. The number of phenols is 1. The highest BCUT2D eigenvalue weighted by atomic mass is 16.5. The van der Waals surface area contributed by atoms with Crippen LogP contribution in [0.1, 0.15) is 45.5 Å². The Kier molecular flexibility index (Phi) is 7.71. The predicted molar refractivity (Wildman–Crippen MR) is 173 cm³/mol. The van der Waals surface area contributed by atoms with Gasteiger partial charge in [-0.25, -0.2) is 0 Å². The van der Waals surface area contributed by atoms with Crippen LogP contribution >= 0.6 is 0 Å². The van der Waals surface area contributed by atoms with Crippen molar-refractivity contribution in [1.82, 2.24) is 9.80 Å². The number of nitrogens with zero attached hydrogens (tertiary/aromatic N) is 2. The first-order valence-electron chi connectivity index (χ1n) is 15.5. The van der Waals surface area contributed by atoms with Gasteiger partial charge in [0.2, 0.25) is 5.75 Å². The second-order valence-corrected chi connectivity index (χ2v) is 12.3. The van der Waals surface area contributed by atoms with E-state index in [1.807, 2.05) is 30.3 Å². The molecule has 8 rings (SSSR count). The van der Waals surface area contributed by atoms with Crippen molar-refractivity contribution in [3.05, 3.63) is 94.0 Å². The quantitative estimate of drug-likeness (QED) is 0.271. The maximum atomic E-state index is 11.6. The SMILES string of the molecule is COc1ccc2cc1Oc1ccc(cc1)C[C@@H]1c3cc(c(OC)cc3CCN1C)Oc1c(O)c(OC)cc3c1C(C2)N(C)CC3. The molecule has 0 amide bonds. The van der Waals surface area contributed by atoms with E-state index in [9.17, 15) is 5.11 Å². The highest BCUT2D eigenvalue weighted by molar-refractivity contribution is 5.63. The summed E-state index contributed by atoms with van der Waals surface area (Å²) in [5.74, 6) is 4.09. The van der Waals surface area contributed by atoms with Gasteiger partial charge in [-0.05, 0) is 110 Å². The molecule has 2 atom stereocenters. The summed E-state index contributed by atoms with van der Waals surface area (Å²) in [7, 11) is 9.19. The second kappa shape index (κ2) is 11.8. The van der Waals surface area contributed by atoms with Crippen molar-refractivity contribution in [1.29, 1.82) is 0 Å². The van der Waals surface area contributed by atoms with Crippen LogP contribution < -0.4 is 23.7 Å². The number of ether oxygens (including phenoxy) is 5. The van der Waals surface area contributed by atoms with Gasteiger partial charge in [0.15, 0.2) is 34.5 Å². The normalized spacial score (nSPS) is 19.4. The Balaban J connectivity index is 1.45. The molecule has 0 spiro atoms. The van der Waals surface area contributed by atoms with Crippen molar-refractivity contribution in [2.24, 2.45) is 0 Å². The number of rotatable bonds is 3. The van der Waals surface area contributed by atoms with E-state index >= 15 is 0 Å². The van der Waals surface area contributed by atoms with Crippen LogP contribution in [-0.2, 0) is 25.7 Å². The molecule has 1 unspecified atom stereocenters. The molecule has 4 aromatic rings. The van der Waals surface area contributed by atoms with Gasteiger partial charge >= 0.3 is 0 Å². The Bertz CT molecular complexity index is 1740. The summed E-state index contributed by atoms with van der Waals surface area (Å²) in [6, 6.07) is 20.6. The fourth-order valence-electron chi connectivity index (χ4n) is 7.10. The molecular formula is C37H40N2O6. The van der Waals surface area contributed by atoms with Crippen LogP contribution in [0, 0.1) is 0 Å². The fraction of sp³-hybridized carbons (Fsp3) is 0.351. The van der Waals surface area contributed by atoms with Crippen molar-refractivity contribution in [3.63, 3.8) is 0 Å². The molecule has 1 N–H and O–H groups in total. The number of aromatic hydroxyl groups is 1. The van der Waals surface area contributed by atoms with E-state index in [0.717, 1.165) is 54.8 Å². The Labute approximate surface area is 264 Å². The molecule has 6 bridgehead atoms. The number of fused-ring (bicyclic) bond motifs is 2. The summed E-state index contributed by atoms with van der Waals surface area (Å²) in [5.41, 5.74) is 6.77. The standard InChI is InChI=1S/C37H40N2O6/c1-38-14-12-24-19-31(42-4)33-21-27(24)28(38)16-22-6-9-26(10-7-22)44-32-18-23(8-11-30(32)41-3)17-29-35-25(13-15-39(29)2)20-34(43-5)36(40)37(35)45-33/h6-11,18-21,28-29,40H,12-17H2,1-5H3/t28-,29?/m1/s1. The lowest BCUT2D eigenvalue weighted by molar-refractivity contribution is 0.220. The first-order chi connectivity index (χ1) is 21.9. The van der Waals surface area contributed by atoms with Crippen LogP contribution in [0.2, 0.25) is 0 Å². The summed E-state index contributed by atoms with van der Waals surface area (Å²) in [4.78, 5) is 4.71. The van der Waals surface area contributed by atoms with Crippen LogP contribution in [0.3, 0.4) is 0 Å². The molecule has 4 aromatic carbocycles. The van der Waals surface area contributed by atoms with E-state index in [1.165, 1.54) is 16.7 Å².